The fraction of sp³-hybridized carbons (Fsp3) is 0.148. The molecule has 192 valence electrons. The van der Waals surface area contributed by atoms with E-state index in [0.29, 0.717) is 40.3 Å². The van der Waals surface area contributed by atoms with E-state index in [-0.39, 0.29) is 12.0 Å². The normalized spacial score (nSPS) is 11.9. The molecule has 0 aliphatic rings. The molecule has 0 spiro atoms. The number of benzene rings is 2. The van der Waals surface area contributed by atoms with E-state index in [1.807, 2.05) is 30.3 Å². The molecule has 0 fully saturated rings. The van der Waals surface area contributed by atoms with Crippen LogP contribution in [-0.4, -0.2) is 41.5 Å². The van der Waals surface area contributed by atoms with Crippen molar-refractivity contribution >= 4 is 34.4 Å². The Bertz CT molecular complexity index is 1670. The fourth-order valence-electron chi connectivity index (χ4n) is 4.20. The van der Waals surface area contributed by atoms with Crippen molar-refractivity contribution in [2.75, 3.05) is 0 Å². The molecule has 5 aromatic rings. The highest BCUT2D eigenvalue weighted by molar-refractivity contribution is 6.31. The van der Waals surface area contributed by atoms with E-state index in [4.69, 9.17) is 11.6 Å². The summed E-state index contributed by atoms with van der Waals surface area (Å²) in [5.74, 6) is -1.55. The predicted molar refractivity (Wildman–Crippen MR) is 141 cm³/mol. The average Bonchev–Trinajstić information content (AvgIpc) is 3.53. The van der Waals surface area contributed by atoms with Crippen LogP contribution in [0, 0.1) is 0 Å². The van der Waals surface area contributed by atoms with Gasteiger partial charge >= 0.3 is 5.97 Å². The average molecular weight is 531 g/mol. The van der Waals surface area contributed by atoms with Crippen LogP contribution < -0.4 is 10.9 Å². The van der Waals surface area contributed by atoms with E-state index in [1.54, 1.807) is 45.9 Å². The van der Waals surface area contributed by atoms with Crippen molar-refractivity contribution in [1.29, 1.82) is 0 Å². The van der Waals surface area contributed by atoms with Crippen molar-refractivity contribution in [2.24, 2.45) is 0 Å². The summed E-state index contributed by atoms with van der Waals surface area (Å²) in [6.45, 7) is 0.904. The number of carbonyl (C=O) groups excluding carboxylic acids is 1. The molecular weight excluding hydrogens is 508 g/mol. The van der Waals surface area contributed by atoms with Crippen LogP contribution in [0.5, 0.6) is 0 Å². The van der Waals surface area contributed by atoms with Gasteiger partial charge in [-0.2, -0.15) is 10.2 Å². The number of aromatic amines is 1. The lowest BCUT2D eigenvalue weighted by Crippen LogP contribution is -2.30. The quantitative estimate of drug-likeness (QED) is 0.266. The largest absolute Gasteiger partial charge is 0.481 e. The van der Waals surface area contributed by atoms with Gasteiger partial charge in [0, 0.05) is 28.9 Å². The lowest BCUT2D eigenvalue weighted by molar-refractivity contribution is -0.137. The van der Waals surface area contributed by atoms with Crippen molar-refractivity contribution in [3.05, 3.63) is 117 Å². The highest BCUT2D eigenvalue weighted by Crippen LogP contribution is 2.27. The molecule has 0 bridgehead atoms. The molecule has 0 saturated carbocycles. The van der Waals surface area contributed by atoms with Crippen molar-refractivity contribution in [3.63, 3.8) is 0 Å². The lowest BCUT2D eigenvalue weighted by Gasteiger charge is -2.15. The number of hydrogen-bond acceptors (Lipinski definition) is 5. The number of aliphatic carboxylic acids is 1. The van der Waals surface area contributed by atoms with Gasteiger partial charge in [0.25, 0.3) is 11.5 Å². The number of hydrogen-bond donors (Lipinski definition) is 3. The number of halogens is 1. The minimum Gasteiger partial charge on any atom is -0.481 e. The van der Waals surface area contributed by atoms with Crippen LogP contribution in [0.15, 0.2) is 84.0 Å². The molecule has 11 heteroatoms. The molecule has 3 N–H and O–H groups in total. The van der Waals surface area contributed by atoms with Crippen molar-refractivity contribution in [3.8, 4) is 0 Å². The van der Waals surface area contributed by atoms with E-state index in [1.165, 1.54) is 12.3 Å². The molecule has 1 amide bonds. The lowest BCUT2D eigenvalue weighted by atomic mass is 10.1. The Morgan fingerprint density at radius 2 is 1.82 bits per heavy atom. The third-order valence-electron chi connectivity index (χ3n) is 6.08. The Hall–Kier alpha value is -4.70. The number of aromatic nitrogens is 5. The Morgan fingerprint density at radius 1 is 1.05 bits per heavy atom. The van der Waals surface area contributed by atoms with Crippen LogP contribution in [0.2, 0.25) is 5.02 Å². The van der Waals surface area contributed by atoms with Gasteiger partial charge in [-0.25, -0.2) is 0 Å². The van der Waals surface area contributed by atoms with Crippen molar-refractivity contribution < 1.29 is 14.7 Å². The predicted octanol–water partition coefficient (Wildman–Crippen LogP) is 3.62. The molecule has 1 unspecified atom stereocenters. The van der Waals surface area contributed by atoms with Crippen LogP contribution in [-0.2, 0) is 17.9 Å². The monoisotopic (exact) mass is 530 g/mol. The Labute approximate surface area is 221 Å². The molecule has 2 aromatic carbocycles. The number of fused-ring (bicyclic) bond motifs is 1. The van der Waals surface area contributed by atoms with Gasteiger partial charge in [-0.1, -0.05) is 41.9 Å². The molecule has 1 atom stereocenters. The van der Waals surface area contributed by atoms with E-state index in [0.717, 1.165) is 11.1 Å². The van der Waals surface area contributed by atoms with Crippen LogP contribution in [0.4, 0.5) is 0 Å². The summed E-state index contributed by atoms with van der Waals surface area (Å²) in [6, 6.07) is 17.1. The van der Waals surface area contributed by atoms with E-state index in [9.17, 15) is 19.5 Å². The summed E-state index contributed by atoms with van der Waals surface area (Å²) >= 11 is 6.11. The highest BCUT2D eigenvalue weighted by Gasteiger charge is 2.24. The number of carboxylic acid groups (broad SMARTS) is 1. The summed E-state index contributed by atoms with van der Waals surface area (Å²) in [7, 11) is 0. The highest BCUT2D eigenvalue weighted by atomic mass is 35.5. The van der Waals surface area contributed by atoms with E-state index < -0.39 is 17.9 Å². The van der Waals surface area contributed by atoms with Gasteiger partial charge in [0.15, 0.2) is 0 Å². The topological polar surface area (TPSA) is 135 Å². The standard InChI is InChI=1S/C27H23ClN6O4/c28-20-8-9-22-21(11-20)26(32-31-22)23(12-25(36)37)30-27(38)19-13-29-34(16-19)15-18-6-4-17(5-7-18)14-33-10-2-1-3-24(33)35/h1-11,13,16,23H,12,14-15H2,(H,30,38)(H,31,32)(H,36,37). The number of nitrogens with one attached hydrogen (secondary N) is 2. The SMILES string of the molecule is O=C(O)CC(NC(=O)c1cnn(Cc2ccc(Cn3ccccc3=O)cc2)c1)c1n[nH]c2ccc(Cl)cc12. The Morgan fingerprint density at radius 3 is 2.55 bits per heavy atom. The number of carbonyl (C=O) groups is 2. The zero-order valence-electron chi connectivity index (χ0n) is 20.0. The molecule has 38 heavy (non-hydrogen) atoms. The fourth-order valence-corrected chi connectivity index (χ4v) is 4.37. The summed E-state index contributed by atoms with van der Waals surface area (Å²) < 4.78 is 3.26. The second-order valence-corrected chi connectivity index (χ2v) is 9.27. The first-order valence-electron chi connectivity index (χ1n) is 11.8. The number of pyridine rings is 1. The number of nitrogens with zero attached hydrogens (tertiary/aromatic N) is 4. The minimum absolute atomic E-state index is 0.0613. The first-order chi connectivity index (χ1) is 18.4. The molecule has 10 nitrogen and oxygen atoms in total. The number of rotatable bonds is 9. The van der Waals surface area contributed by atoms with Crippen LogP contribution in [0.25, 0.3) is 10.9 Å². The number of H-pyrrole nitrogens is 1. The Balaban J connectivity index is 1.27. The van der Waals surface area contributed by atoms with Gasteiger partial charge in [0.2, 0.25) is 0 Å². The number of carboxylic acids is 1. The number of amides is 1. The second-order valence-electron chi connectivity index (χ2n) is 8.83. The first-order valence-corrected chi connectivity index (χ1v) is 12.2. The maximum atomic E-state index is 13.0. The first kappa shape index (κ1) is 25.0. The smallest absolute Gasteiger partial charge is 0.305 e. The molecule has 0 saturated heterocycles. The van der Waals surface area contributed by atoms with Crippen molar-refractivity contribution in [1.82, 2.24) is 29.9 Å². The molecule has 3 aromatic heterocycles. The molecule has 0 aliphatic heterocycles. The third-order valence-corrected chi connectivity index (χ3v) is 6.32. The molecule has 5 rings (SSSR count). The summed E-state index contributed by atoms with van der Waals surface area (Å²) in [6.07, 6.45) is 4.43. The van der Waals surface area contributed by atoms with Gasteiger partial charge in [-0.05, 0) is 35.4 Å². The maximum absolute atomic E-state index is 13.0. The molecule has 0 radical (unpaired) electrons. The molecule has 0 aliphatic carbocycles. The van der Waals surface area contributed by atoms with Crippen LogP contribution >= 0.6 is 11.6 Å². The Kier molecular flexibility index (Phi) is 7.05. The second kappa shape index (κ2) is 10.7. The zero-order chi connectivity index (χ0) is 26.6. The minimum atomic E-state index is -1.08. The van der Waals surface area contributed by atoms with Gasteiger partial charge in [-0.3, -0.25) is 24.2 Å². The van der Waals surface area contributed by atoms with Gasteiger partial charge in [0.1, 0.15) is 0 Å². The summed E-state index contributed by atoms with van der Waals surface area (Å²) in [4.78, 5) is 36.5. The third kappa shape index (κ3) is 5.65. The van der Waals surface area contributed by atoms with Crippen LogP contribution in [0.3, 0.4) is 0 Å². The van der Waals surface area contributed by atoms with Gasteiger partial charge in [0.05, 0.1) is 48.5 Å². The zero-order valence-corrected chi connectivity index (χ0v) is 20.8. The van der Waals surface area contributed by atoms with Crippen LogP contribution in [0.1, 0.15) is 39.6 Å². The van der Waals surface area contributed by atoms with E-state index in [2.05, 4.69) is 20.6 Å². The van der Waals surface area contributed by atoms with Gasteiger partial charge < -0.3 is 15.0 Å². The molecule has 3 heterocycles. The maximum Gasteiger partial charge on any atom is 0.305 e. The van der Waals surface area contributed by atoms with Crippen molar-refractivity contribution in [2.45, 2.75) is 25.6 Å². The molecular formula is C27H23ClN6O4. The summed E-state index contributed by atoms with van der Waals surface area (Å²) in [5.41, 5.74) is 3.26. The summed E-state index contributed by atoms with van der Waals surface area (Å²) in [5, 5.41) is 24.7. The van der Waals surface area contributed by atoms with Gasteiger partial charge in [-0.15, -0.1) is 0 Å². The van der Waals surface area contributed by atoms with E-state index >= 15 is 0 Å².